The van der Waals surface area contributed by atoms with Crippen LogP contribution in [0.4, 0.5) is 0 Å². The fourth-order valence-electron chi connectivity index (χ4n) is 15.8. The number of amides is 2. The Morgan fingerprint density at radius 2 is 1.12 bits per heavy atom. The van der Waals surface area contributed by atoms with E-state index >= 15 is 0 Å². The highest BCUT2D eigenvalue weighted by molar-refractivity contribution is 7.89. The van der Waals surface area contributed by atoms with Crippen LogP contribution < -0.4 is 21.3 Å². The van der Waals surface area contributed by atoms with Gasteiger partial charge in [0.15, 0.2) is 11.6 Å². The number of benzene rings is 4. The van der Waals surface area contributed by atoms with Gasteiger partial charge >= 0.3 is 11.6 Å². The van der Waals surface area contributed by atoms with Crippen molar-refractivity contribution in [2.75, 3.05) is 112 Å². The molecule has 4 N–H and O–H groups in total. The fourth-order valence-corrected chi connectivity index (χ4v) is 21.2. The Balaban J connectivity index is 0.000000138. The molecule has 2 aliphatic carbocycles. The average Bonchev–Trinajstić information content (AvgIpc) is 1.55. The number of sulfonamides is 3. The lowest BCUT2D eigenvalue weighted by atomic mass is 9.95. The number of nitrogens with zero attached hydrogens (tertiary/aromatic N) is 8. The molecule has 9 aliphatic heterocycles. The van der Waals surface area contributed by atoms with E-state index < -0.39 is 64.8 Å². The SMILES string of the molecule is CC(=O)c1ccc(S(=O)(=O)N2C(CC3=CCC=N3)C(=O)NC23CCNCC3)cc1.CC(=O)c1ccc(S(=O)(=O)N2CC(CN(C)C)OC23CCNCC3)cc1.Cc1ccc(S(=O)(=O)N2CCOC23CCN(CC2CC2)CC3)cc1.O=C1CN(Cc2ccccc2)C2(CCN(CC3CC3)CC2)N1.O=S=O. The number of likely N-dealkylation sites (N-methyl/N-ethyl adjacent to an activating group) is 1. The largest absolute Gasteiger partial charge is 0.358 e. The molecule has 26 nitrogen and oxygen atoms in total. The van der Waals surface area contributed by atoms with Gasteiger partial charge in [-0.15, -0.1) is 0 Å². The van der Waals surface area contributed by atoms with Gasteiger partial charge in [0, 0.05) is 127 Å². The summed E-state index contributed by atoms with van der Waals surface area (Å²) in [5, 5.41) is 12.8. The van der Waals surface area contributed by atoms with E-state index in [2.05, 4.69) is 65.2 Å². The van der Waals surface area contributed by atoms with E-state index in [-0.39, 0.29) is 51.4 Å². The van der Waals surface area contributed by atoms with Crippen LogP contribution in [0, 0.1) is 18.8 Å². The molecular weight excluding hydrogens is 1410 g/mol. The van der Waals surface area contributed by atoms with E-state index in [9.17, 15) is 44.4 Å². The van der Waals surface area contributed by atoms with Crippen LogP contribution in [0.1, 0.15) is 136 Å². The molecule has 15 rings (SSSR count). The van der Waals surface area contributed by atoms with Gasteiger partial charge < -0.3 is 45.4 Å². The zero-order valence-electron chi connectivity index (χ0n) is 60.4. The van der Waals surface area contributed by atoms with Crippen molar-refractivity contribution in [1.82, 2.24) is 53.8 Å². The van der Waals surface area contributed by atoms with Crippen LogP contribution in [-0.2, 0) is 67.2 Å². The highest BCUT2D eigenvalue weighted by atomic mass is 32.2. The van der Waals surface area contributed by atoms with Gasteiger partial charge in [-0.3, -0.25) is 29.1 Å². The number of carbonyl (C=O) groups excluding carboxylic acids is 4. The minimum Gasteiger partial charge on any atom is -0.358 e. The van der Waals surface area contributed by atoms with Crippen LogP contribution >= 0.6 is 0 Å². The van der Waals surface area contributed by atoms with Gasteiger partial charge in [0.05, 0.1) is 39.6 Å². The Bertz CT molecular complexity index is 4110. The molecule has 2 unspecified atom stereocenters. The van der Waals surface area contributed by atoms with Gasteiger partial charge in [-0.1, -0.05) is 78.4 Å². The van der Waals surface area contributed by atoms with Crippen LogP contribution in [0.5, 0.6) is 0 Å². The summed E-state index contributed by atoms with van der Waals surface area (Å²) in [6.45, 7) is 17.4. The topological polar surface area (TPSA) is 306 Å². The number of rotatable bonds is 18. The lowest BCUT2D eigenvalue weighted by Gasteiger charge is -2.44. The monoisotopic (exact) mass is 1510 g/mol. The van der Waals surface area contributed by atoms with Crippen LogP contribution in [0.25, 0.3) is 0 Å². The third-order valence-electron chi connectivity index (χ3n) is 21.7. The molecule has 4 aromatic carbocycles. The Kier molecular flexibility index (Phi) is 25.7. The average molecular weight is 1510 g/mol. The van der Waals surface area contributed by atoms with E-state index in [0.29, 0.717) is 94.0 Å². The number of aryl methyl sites for hydroxylation is 1. The van der Waals surface area contributed by atoms with Crippen molar-refractivity contribution in [3.05, 3.63) is 137 Å². The number of ether oxygens (including phenoxy) is 2. The molecule has 0 radical (unpaired) electrons. The second kappa shape index (κ2) is 33.9. The van der Waals surface area contributed by atoms with Gasteiger partial charge in [-0.2, -0.15) is 21.3 Å². The molecule has 0 aromatic heterocycles. The molecule has 10 fully saturated rings. The van der Waals surface area contributed by atoms with Crippen LogP contribution in [0.3, 0.4) is 0 Å². The smallest absolute Gasteiger partial charge is 0.335 e. The highest BCUT2D eigenvalue weighted by Crippen LogP contribution is 2.43. The number of carbonyl (C=O) groups is 4. The Morgan fingerprint density at radius 1 is 0.615 bits per heavy atom. The minimum atomic E-state index is -3.98. The fraction of sp³-hybridized carbons (Fsp3) is 0.581. The number of piperidine rings is 4. The molecule has 2 saturated carbocycles. The molecule has 4 aromatic rings. The number of hydrogen-bond acceptors (Lipinski definition) is 21. The number of ketones is 2. The van der Waals surface area contributed by atoms with Crippen LogP contribution in [0.15, 0.2) is 135 Å². The summed E-state index contributed by atoms with van der Waals surface area (Å²) in [5.74, 6) is 1.50. The summed E-state index contributed by atoms with van der Waals surface area (Å²) < 4.78 is 114. The maximum Gasteiger partial charge on any atom is 0.335 e. The third kappa shape index (κ3) is 18.7. The van der Waals surface area contributed by atoms with Gasteiger partial charge in [0.2, 0.25) is 41.9 Å². The van der Waals surface area contributed by atoms with Crippen molar-refractivity contribution in [2.45, 2.75) is 167 Å². The molecule has 2 amide bonds. The molecule has 30 heteroatoms. The van der Waals surface area contributed by atoms with E-state index in [1.54, 1.807) is 34.8 Å². The van der Waals surface area contributed by atoms with Crippen molar-refractivity contribution >= 4 is 71.2 Å². The molecule has 11 aliphatic rings. The molecule has 566 valence electrons. The minimum absolute atomic E-state index is 0.0748. The number of allylic oxidation sites excluding steroid dienone is 1. The quantitative estimate of drug-likeness (QED) is 0.0895. The summed E-state index contributed by atoms with van der Waals surface area (Å²) in [6.07, 6.45) is 15.8. The van der Waals surface area contributed by atoms with E-state index in [1.165, 1.54) is 103 Å². The number of hydrogen-bond donors (Lipinski definition) is 4. The van der Waals surface area contributed by atoms with Crippen molar-refractivity contribution < 1.29 is 62.3 Å². The Hall–Kier alpha value is -6.20. The normalized spacial score (nSPS) is 24.0. The maximum atomic E-state index is 13.7. The summed E-state index contributed by atoms with van der Waals surface area (Å²) in [4.78, 5) is 62.3. The first-order chi connectivity index (χ1) is 49.7. The zero-order chi connectivity index (χ0) is 74.1. The van der Waals surface area contributed by atoms with Crippen LogP contribution in [0.2, 0.25) is 0 Å². The Labute approximate surface area is 616 Å². The first-order valence-corrected chi connectivity index (χ1v) is 41.5. The number of likely N-dealkylation sites (tertiary alicyclic amines) is 2. The first kappa shape index (κ1) is 78.9. The second-order valence-corrected chi connectivity index (χ2v) is 35.3. The lowest BCUT2D eigenvalue weighted by molar-refractivity contribution is -0.121. The van der Waals surface area contributed by atoms with Gasteiger partial charge in [0.25, 0.3) is 0 Å². The molecule has 9 heterocycles. The van der Waals surface area contributed by atoms with E-state index in [4.69, 9.17) is 17.9 Å². The van der Waals surface area contributed by atoms with Crippen molar-refractivity contribution in [3.8, 4) is 0 Å². The number of nitrogens with one attached hydrogen (secondary N) is 4. The number of aliphatic imine (C=N–C) groups is 1. The highest BCUT2D eigenvalue weighted by Gasteiger charge is 2.58. The standard InChI is InChI=1S/C20H24N4O4S.C18H27N3O4S.C18H25N3O.C18H26N2O3S.O2S/c1-14(25)15-4-6-17(7-5-15)29(27,28)24-18(13-16-3-2-10-22-16)19(26)23-20(24)8-11-21-12-9-20;1-14(22)15-4-6-17(7-5-15)26(23,24)21-13-16(12-20(2)3)25-18(21)8-10-19-11-9-18;22-17-14-21(13-15-4-2-1-3-5-15)18(19-17)8-10-20(11-9-18)12-16-6-7-16;1-15-2-6-17(7-3-15)24(21,22)20-12-13-23-18(20)8-10-19(11-9-18)14-16-4-5-16;1-3-2/h3-7,10,18,21H,2,8-9,11-13H2,1H3,(H,23,26);4-7,16,19H,8-13H2,1-3H3;1-5,16H,6-14H2,(H,19,22);2-3,6-7,16H,4-5,8-14H2,1H3;. The Morgan fingerprint density at radius 3 is 1.63 bits per heavy atom. The maximum absolute atomic E-state index is 13.7. The number of Topliss-reactive ketones (excluding diaryl/α,β-unsaturated/α-hetero) is 2. The van der Waals surface area contributed by atoms with E-state index in [0.717, 1.165) is 94.6 Å². The third-order valence-corrected chi connectivity index (χ3v) is 27.6. The molecule has 2 atom stereocenters. The van der Waals surface area contributed by atoms with Gasteiger partial charge in [0.1, 0.15) is 23.2 Å². The summed E-state index contributed by atoms with van der Waals surface area (Å²) in [7, 11) is -7.28. The predicted molar refractivity (Wildman–Crippen MR) is 394 cm³/mol. The van der Waals surface area contributed by atoms with Crippen molar-refractivity contribution in [3.63, 3.8) is 0 Å². The summed E-state index contributed by atoms with van der Waals surface area (Å²) in [6, 6.07) is 28.8. The van der Waals surface area contributed by atoms with Crippen LogP contribution in [-0.4, -0.2) is 243 Å². The van der Waals surface area contributed by atoms with Gasteiger partial charge in [-0.05, 0) is 166 Å². The lowest BCUT2D eigenvalue weighted by Crippen LogP contribution is -2.60. The molecule has 0 bridgehead atoms. The molecule has 104 heavy (non-hydrogen) atoms. The zero-order valence-corrected chi connectivity index (χ0v) is 63.7. The molecule has 8 saturated heterocycles. The van der Waals surface area contributed by atoms with Crippen molar-refractivity contribution in [2.24, 2.45) is 16.8 Å². The van der Waals surface area contributed by atoms with Gasteiger partial charge in [-0.25, -0.2) is 25.3 Å². The molecular formula is C74H102N12O14S4. The summed E-state index contributed by atoms with van der Waals surface area (Å²) in [5.41, 5.74) is 1.55. The first-order valence-electron chi connectivity index (χ1n) is 36.5. The van der Waals surface area contributed by atoms with E-state index in [1.807, 2.05) is 50.2 Å². The summed E-state index contributed by atoms with van der Waals surface area (Å²) >= 11 is -0.750. The molecule has 4 spiro atoms. The second-order valence-electron chi connectivity index (χ2n) is 29.6. The predicted octanol–water partition coefficient (Wildman–Crippen LogP) is 5.49. The van der Waals surface area contributed by atoms with Crippen molar-refractivity contribution in [1.29, 1.82) is 0 Å².